The molecule has 116 valence electrons. The molecule has 22 heavy (non-hydrogen) atoms. The van der Waals surface area contributed by atoms with Crippen molar-refractivity contribution >= 4 is 11.6 Å². The number of rotatable bonds is 6. The summed E-state index contributed by atoms with van der Waals surface area (Å²) < 4.78 is 5.75. The molecule has 0 radical (unpaired) electrons. The molecule has 0 heterocycles. The fourth-order valence-electron chi connectivity index (χ4n) is 2.46. The fourth-order valence-corrected chi connectivity index (χ4v) is 2.46. The minimum absolute atomic E-state index is 0.0351. The average molecular weight is 297 g/mol. The van der Waals surface area contributed by atoms with Crippen molar-refractivity contribution in [3.63, 3.8) is 0 Å². The summed E-state index contributed by atoms with van der Waals surface area (Å²) in [7, 11) is 0. The number of para-hydroxylation sites is 2. The number of aryl methyl sites for hydroxylation is 1. The molecule has 3 nitrogen and oxygen atoms in total. The standard InChI is InChI=1S/C19H23NO2/c1-4-16-10-8-9-13-18(16)22-14-19(21)20(15(2)3)17-11-6-5-7-12-17/h5-13,15H,4,14H2,1-3H3. The minimum Gasteiger partial charge on any atom is -0.483 e. The van der Waals surface area contributed by atoms with E-state index < -0.39 is 0 Å². The van der Waals surface area contributed by atoms with Crippen molar-refractivity contribution in [2.45, 2.75) is 33.2 Å². The van der Waals surface area contributed by atoms with Gasteiger partial charge < -0.3 is 9.64 Å². The van der Waals surface area contributed by atoms with Gasteiger partial charge in [-0.15, -0.1) is 0 Å². The van der Waals surface area contributed by atoms with E-state index in [1.54, 1.807) is 4.90 Å². The summed E-state index contributed by atoms with van der Waals surface area (Å²) in [6.07, 6.45) is 0.886. The van der Waals surface area contributed by atoms with Gasteiger partial charge in [-0.2, -0.15) is 0 Å². The molecule has 0 N–H and O–H groups in total. The van der Waals surface area contributed by atoms with Crippen LogP contribution in [0.2, 0.25) is 0 Å². The Hall–Kier alpha value is -2.29. The Balaban J connectivity index is 2.09. The molecule has 2 aromatic carbocycles. The lowest BCUT2D eigenvalue weighted by molar-refractivity contribution is -0.120. The first-order valence-electron chi connectivity index (χ1n) is 7.71. The van der Waals surface area contributed by atoms with Crippen molar-refractivity contribution in [2.24, 2.45) is 0 Å². The van der Waals surface area contributed by atoms with E-state index in [0.29, 0.717) is 0 Å². The second-order valence-electron chi connectivity index (χ2n) is 5.44. The Labute approximate surface area is 132 Å². The zero-order chi connectivity index (χ0) is 15.9. The van der Waals surface area contributed by atoms with Crippen LogP contribution in [0.15, 0.2) is 54.6 Å². The molecule has 0 aliphatic rings. The third-order valence-corrected chi connectivity index (χ3v) is 3.52. The molecule has 0 saturated carbocycles. The lowest BCUT2D eigenvalue weighted by atomic mass is 10.1. The third-order valence-electron chi connectivity index (χ3n) is 3.52. The highest BCUT2D eigenvalue weighted by atomic mass is 16.5. The fraction of sp³-hybridized carbons (Fsp3) is 0.316. The Morgan fingerprint density at radius 2 is 1.68 bits per heavy atom. The van der Waals surface area contributed by atoms with Gasteiger partial charge in [-0.05, 0) is 44.0 Å². The first-order chi connectivity index (χ1) is 10.6. The van der Waals surface area contributed by atoms with Crippen LogP contribution in [-0.4, -0.2) is 18.6 Å². The van der Waals surface area contributed by atoms with Crippen LogP contribution in [0, 0.1) is 0 Å². The van der Waals surface area contributed by atoms with Crippen LogP contribution in [0.25, 0.3) is 0 Å². The van der Waals surface area contributed by atoms with E-state index in [9.17, 15) is 4.79 Å². The Bertz CT molecular complexity index is 608. The van der Waals surface area contributed by atoms with Crippen molar-refractivity contribution in [1.29, 1.82) is 0 Å². The zero-order valence-electron chi connectivity index (χ0n) is 13.5. The Morgan fingerprint density at radius 1 is 1.05 bits per heavy atom. The summed E-state index contributed by atoms with van der Waals surface area (Å²) in [4.78, 5) is 14.3. The van der Waals surface area contributed by atoms with Gasteiger partial charge in [-0.3, -0.25) is 4.79 Å². The monoisotopic (exact) mass is 297 g/mol. The quantitative estimate of drug-likeness (QED) is 0.804. The maximum absolute atomic E-state index is 12.6. The molecule has 2 rings (SSSR count). The number of carbonyl (C=O) groups is 1. The first kappa shape index (κ1) is 16.1. The predicted octanol–water partition coefficient (Wildman–Crippen LogP) is 4.07. The van der Waals surface area contributed by atoms with Gasteiger partial charge in [0.2, 0.25) is 0 Å². The van der Waals surface area contributed by atoms with Gasteiger partial charge in [0.15, 0.2) is 6.61 Å². The molecule has 0 aliphatic heterocycles. The molecule has 0 fully saturated rings. The second kappa shape index (κ2) is 7.64. The van der Waals surface area contributed by atoms with Gasteiger partial charge in [0, 0.05) is 11.7 Å². The number of nitrogens with zero attached hydrogens (tertiary/aromatic N) is 1. The van der Waals surface area contributed by atoms with E-state index in [4.69, 9.17) is 4.74 Å². The van der Waals surface area contributed by atoms with E-state index in [1.165, 1.54) is 0 Å². The van der Waals surface area contributed by atoms with Gasteiger partial charge >= 0.3 is 0 Å². The summed E-state index contributed by atoms with van der Waals surface area (Å²) in [5, 5.41) is 0. The predicted molar refractivity (Wildman–Crippen MR) is 90.4 cm³/mol. The summed E-state index contributed by atoms with van der Waals surface area (Å²) in [5.41, 5.74) is 2.01. The number of ether oxygens (including phenoxy) is 1. The van der Waals surface area contributed by atoms with Crippen LogP contribution in [0.4, 0.5) is 5.69 Å². The van der Waals surface area contributed by atoms with Gasteiger partial charge in [-0.1, -0.05) is 43.3 Å². The molecule has 0 bridgehead atoms. The molecule has 2 aromatic rings. The number of amides is 1. The van der Waals surface area contributed by atoms with Gasteiger partial charge in [0.25, 0.3) is 5.91 Å². The van der Waals surface area contributed by atoms with Crippen LogP contribution < -0.4 is 9.64 Å². The molecule has 3 heteroatoms. The lowest BCUT2D eigenvalue weighted by Crippen LogP contribution is -2.40. The minimum atomic E-state index is -0.0351. The lowest BCUT2D eigenvalue weighted by Gasteiger charge is -2.27. The summed E-state index contributed by atoms with van der Waals surface area (Å²) >= 11 is 0. The van der Waals surface area contributed by atoms with Crippen molar-refractivity contribution in [1.82, 2.24) is 0 Å². The molecule has 0 aromatic heterocycles. The van der Waals surface area contributed by atoms with Crippen molar-refractivity contribution in [3.8, 4) is 5.75 Å². The molecule has 0 aliphatic carbocycles. The number of carbonyl (C=O) groups excluding carboxylic acids is 1. The number of hydrogen-bond acceptors (Lipinski definition) is 2. The third kappa shape index (κ3) is 3.88. The largest absolute Gasteiger partial charge is 0.483 e. The van der Waals surface area contributed by atoms with Gasteiger partial charge in [0.05, 0.1) is 0 Å². The van der Waals surface area contributed by atoms with E-state index >= 15 is 0 Å². The van der Waals surface area contributed by atoms with E-state index in [2.05, 4.69) is 6.92 Å². The average Bonchev–Trinajstić information content (AvgIpc) is 2.54. The van der Waals surface area contributed by atoms with Crippen LogP contribution in [0.3, 0.4) is 0 Å². The van der Waals surface area contributed by atoms with E-state index in [-0.39, 0.29) is 18.6 Å². The van der Waals surface area contributed by atoms with E-state index in [1.807, 2.05) is 68.4 Å². The van der Waals surface area contributed by atoms with Gasteiger partial charge in [0.1, 0.15) is 5.75 Å². The van der Waals surface area contributed by atoms with Crippen LogP contribution in [0.1, 0.15) is 26.3 Å². The molecular weight excluding hydrogens is 274 g/mol. The molecule has 1 amide bonds. The highest BCUT2D eigenvalue weighted by molar-refractivity contribution is 5.94. The summed E-state index contributed by atoms with van der Waals surface area (Å²) in [5.74, 6) is 0.752. The number of hydrogen-bond donors (Lipinski definition) is 0. The van der Waals surface area contributed by atoms with Crippen molar-refractivity contribution in [2.75, 3.05) is 11.5 Å². The summed E-state index contributed by atoms with van der Waals surface area (Å²) in [6, 6.07) is 17.6. The highest BCUT2D eigenvalue weighted by Crippen LogP contribution is 2.20. The smallest absolute Gasteiger partial charge is 0.265 e. The van der Waals surface area contributed by atoms with Crippen molar-refractivity contribution < 1.29 is 9.53 Å². The van der Waals surface area contributed by atoms with E-state index in [0.717, 1.165) is 23.4 Å². The first-order valence-corrected chi connectivity index (χ1v) is 7.71. The van der Waals surface area contributed by atoms with Crippen molar-refractivity contribution in [3.05, 3.63) is 60.2 Å². The Kier molecular flexibility index (Phi) is 5.59. The molecule has 0 saturated heterocycles. The van der Waals surface area contributed by atoms with Crippen LogP contribution in [-0.2, 0) is 11.2 Å². The molecule has 0 atom stereocenters. The van der Waals surface area contributed by atoms with Gasteiger partial charge in [-0.25, -0.2) is 0 Å². The molecular formula is C19H23NO2. The summed E-state index contributed by atoms with van der Waals surface area (Å²) in [6.45, 7) is 6.13. The SMILES string of the molecule is CCc1ccccc1OCC(=O)N(c1ccccc1)C(C)C. The topological polar surface area (TPSA) is 29.5 Å². The molecule has 0 unspecified atom stereocenters. The highest BCUT2D eigenvalue weighted by Gasteiger charge is 2.19. The molecule has 0 spiro atoms. The number of benzene rings is 2. The normalized spacial score (nSPS) is 10.5. The van der Waals surface area contributed by atoms with Crippen LogP contribution >= 0.6 is 0 Å². The Morgan fingerprint density at radius 3 is 2.32 bits per heavy atom. The maximum atomic E-state index is 12.6. The maximum Gasteiger partial charge on any atom is 0.265 e. The zero-order valence-corrected chi connectivity index (χ0v) is 13.5. The number of anilines is 1. The second-order valence-corrected chi connectivity index (χ2v) is 5.44. The van der Waals surface area contributed by atoms with Crippen LogP contribution in [0.5, 0.6) is 5.75 Å².